The van der Waals surface area contributed by atoms with Crippen molar-refractivity contribution in [3.63, 3.8) is 0 Å². The predicted octanol–water partition coefficient (Wildman–Crippen LogP) is 1.84. The number of carbonyl (C=O) groups is 1. The highest BCUT2D eigenvalue weighted by molar-refractivity contribution is 5.90. The van der Waals surface area contributed by atoms with E-state index in [1.165, 1.54) is 4.68 Å². The van der Waals surface area contributed by atoms with Crippen molar-refractivity contribution in [2.45, 2.75) is 32.4 Å². The summed E-state index contributed by atoms with van der Waals surface area (Å²) in [6, 6.07) is 4.98. The first-order valence-electron chi connectivity index (χ1n) is 7.88. The van der Waals surface area contributed by atoms with Gasteiger partial charge >= 0.3 is 5.97 Å². The number of ether oxygens (including phenoxy) is 2. The SMILES string of the molecule is CC[C@H](C)Oc1ccc([C@H]2C=C(C(=O)O)Nc3nnnn32)cc1OC. The monoisotopic (exact) mass is 345 g/mol. The third kappa shape index (κ3) is 3.25. The molecule has 0 bridgehead atoms. The number of anilines is 1. The first-order chi connectivity index (χ1) is 12.0. The summed E-state index contributed by atoms with van der Waals surface area (Å²) in [5.41, 5.74) is 0.799. The fourth-order valence-corrected chi connectivity index (χ4v) is 2.48. The van der Waals surface area contributed by atoms with E-state index in [1.54, 1.807) is 25.3 Å². The zero-order valence-corrected chi connectivity index (χ0v) is 14.1. The van der Waals surface area contributed by atoms with E-state index >= 15 is 0 Å². The van der Waals surface area contributed by atoms with Crippen LogP contribution in [0.15, 0.2) is 30.0 Å². The molecule has 2 N–H and O–H groups in total. The van der Waals surface area contributed by atoms with Crippen LogP contribution < -0.4 is 14.8 Å². The summed E-state index contributed by atoms with van der Waals surface area (Å²) in [6.45, 7) is 4.02. The highest BCUT2D eigenvalue weighted by Gasteiger charge is 2.27. The molecule has 0 saturated heterocycles. The predicted molar refractivity (Wildman–Crippen MR) is 88.7 cm³/mol. The van der Waals surface area contributed by atoms with E-state index in [9.17, 15) is 9.90 Å². The Labute approximate surface area is 144 Å². The van der Waals surface area contributed by atoms with E-state index in [4.69, 9.17) is 9.47 Å². The van der Waals surface area contributed by atoms with Gasteiger partial charge in [-0.15, -0.1) is 0 Å². The Kier molecular flexibility index (Phi) is 4.55. The van der Waals surface area contributed by atoms with Crippen LogP contribution in [0.5, 0.6) is 11.5 Å². The van der Waals surface area contributed by atoms with Crippen LogP contribution in [0.25, 0.3) is 0 Å². The summed E-state index contributed by atoms with van der Waals surface area (Å²) in [4.78, 5) is 11.3. The van der Waals surface area contributed by atoms with Gasteiger partial charge < -0.3 is 19.9 Å². The van der Waals surface area contributed by atoms with Crippen LogP contribution in [0, 0.1) is 0 Å². The van der Waals surface area contributed by atoms with Gasteiger partial charge in [0.15, 0.2) is 11.5 Å². The number of nitrogens with zero attached hydrogens (tertiary/aromatic N) is 4. The number of aromatic nitrogens is 4. The number of fused-ring (bicyclic) bond motifs is 1. The van der Waals surface area contributed by atoms with Crippen molar-refractivity contribution in [1.29, 1.82) is 0 Å². The number of carboxylic acids is 1. The molecule has 132 valence electrons. The topological polar surface area (TPSA) is 111 Å². The average Bonchev–Trinajstić information content (AvgIpc) is 3.09. The van der Waals surface area contributed by atoms with Crippen molar-refractivity contribution >= 4 is 11.9 Å². The number of hydrogen-bond donors (Lipinski definition) is 2. The molecule has 2 aromatic rings. The molecule has 1 aliphatic rings. The van der Waals surface area contributed by atoms with Gasteiger partial charge in [0.1, 0.15) is 11.7 Å². The van der Waals surface area contributed by atoms with Crippen molar-refractivity contribution in [3.8, 4) is 11.5 Å². The molecule has 9 nitrogen and oxygen atoms in total. The molecule has 3 rings (SSSR count). The van der Waals surface area contributed by atoms with Crippen LogP contribution in [0.4, 0.5) is 5.95 Å². The van der Waals surface area contributed by atoms with Crippen molar-refractivity contribution in [2.24, 2.45) is 0 Å². The third-order valence-corrected chi connectivity index (χ3v) is 3.99. The van der Waals surface area contributed by atoms with E-state index in [2.05, 4.69) is 20.8 Å². The van der Waals surface area contributed by atoms with Gasteiger partial charge in [-0.1, -0.05) is 18.1 Å². The molecule has 0 aliphatic carbocycles. The smallest absolute Gasteiger partial charge is 0.352 e. The molecule has 0 fully saturated rings. The normalized spacial score (nSPS) is 17.1. The van der Waals surface area contributed by atoms with E-state index < -0.39 is 12.0 Å². The first kappa shape index (κ1) is 16.7. The first-order valence-corrected chi connectivity index (χ1v) is 7.88. The van der Waals surface area contributed by atoms with Crippen molar-refractivity contribution in [2.75, 3.05) is 12.4 Å². The van der Waals surface area contributed by atoms with Crippen LogP contribution >= 0.6 is 0 Å². The largest absolute Gasteiger partial charge is 0.493 e. The molecule has 2 atom stereocenters. The highest BCUT2D eigenvalue weighted by atomic mass is 16.5. The van der Waals surface area contributed by atoms with E-state index in [1.807, 2.05) is 19.9 Å². The van der Waals surface area contributed by atoms with E-state index in [0.717, 1.165) is 12.0 Å². The van der Waals surface area contributed by atoms with E-state index in [-0.39, 0.29) is 17.7 Å². The second-order valence-electron chi connectivity index (χ2n) is 5.65. The second-order valence-corrected chi connectivity index (χ2v) is 5.65. The van der Waals surface area contributed by atoms with Crippen molar-refractivity contribution < 1.29 is 19.4 Å². The molecule has 0 spiro atoms. The molecule has 0 saturated carbocycles. The molecular formula is C16H19N5O4. The number of rotatable bonds is 6. The zero-order valence-electron chi connectivity index (χ0n) is 14.1. The lowest BCUT2D eigenvalue weighted by molar-refractivity contribution is -0.132. The number of benzene rings is 1. The van der Waals surface area contributed by atoms with Gasteiger partial charge in [0.05, 0.1) is 13.2 Å². The number of aliphatic carboxylic acids is 1. The van der Waals surface area contributed by atoms with Gasteiger partial charge in [-0.3, -0.25) is 0 Å². The Morgan fingerprint density at radius 2 is 2.24 bits per heavy atom. The van der Waals surface area contributed by atoms with Crippen LogP contribution in [0.2, 0.25) is 0 Å². The number of allylic oxidation sites excluding steroid dienone is 1. The fourth-order valence-electron chi connectivity index (χ4n) is 2.48. The number of hydrogen-bond acceptors (Lipinski definition) is 7. The molecule has 2 heterocycles. The Morgan fingerprint density at radius 1 is 1.44 bits per heavy atom. The van der Waals surface area contributed by atoms with Gasteiger partial charge in [0, 0.05) is 0 Å². The van der Waals surface area contributed by atoms with Gasteiger partial charge in [-0.05, 0) is 47.5 Å². The Balaban J connectivity index is 2.00. The summed E-state index contributed by atoms with van der Waals surface area (Å²) in [6.07, 6.45) is 2.48. The van der Waals surface area contributed by atoms with Gasteiger partial charge in [0.2, 0.25) is 5.95 Å². The lowest BCUT2D eigenvalue weighted by atomic mass is 10.0. The molecule has 1 aromatic carbocycles. The molecule has 0 amide bonds. The summed E-state index contributed by atoms with van der Waals surface area (Å²) in [5.74, 6) is 0.386. The number of carboxylic acid groups (broad SMARTS) is 1. The number of nitrogens with one attached hydrogen (secondary N) is 1. The fraction of sp³-hybridized carbons (Fsp3) is 0.375. The van der Waals surface area contributed by atoms with Crippen LogP contribution in [-0.2, 0) is 4.79 Å². The van der Waals surface area contributed by atoms with Crippen LogP contribution in [0.1, 0.15) is 31.9 Å². The molecule has 9 heteroatoms. The minimum Gasteiger partial charge on any atom is -0.493 e. The minimum absolute atomic E-state index is 0.0196. The second kappa shape index (κ2) is 6.80. The quantitative estimate of drug-likeness (QED) is 0.816. The molecule has 0 unspecified atom stereocenters. The number of tetrazole rings is 1. The Bertz CT molecular complexity index is 817. The summed E-state index contributed by atoms with van der Waals surface area (Å²) in [7, 11) is 1.56. The minimum atomic E-state index is -1.08. The van der Waals surface area contributed by atoms with Crippen molar-refractivity contribution in [3.05, 3.63) is 35.5 Å². The Hall–Kier alpha value is -3.10. The summed E-state index contributed by atoms with van der Waals surface area (Å²) in [5, 5.41) is 23.3. The van der Waals surface area contributed by atoms with Gasteiger partial charge in [-0.25, -0.2) is 4.79 Å². The molecule has 0 radical (unpaired) electrons. The van der Waals surface area contributed by atoms with Crippen LogP contribution in [0.3, 0.4) is 0 Å². The van der Waals surface area contributed by atoms with Gasteiger partial charge in [0.25, 0.3) is 0 Å². The lowest BCUT2D eigenvalue weighted by Crippen LogP contribution is -2.24. The summed E-state index contributed by atoms with van der Waals surface area (Å²) >= 11 is 0. The molecular weight excluding hydrogens is 326 g/mol. The standard InChI is InChI=1S/C16H19N5O4/c1-4-9(2)25-13-6-5-10(7-14(13)24-3)12-8-11(15(22)23)17-16-18-19-20-21(12)16/h5-9,12H,4H2,1-3H3,(H,22,23)(H,17,18,20)/t9-,12+/m0/s1. The summed E-state index contributed by atoms with van der Waals surface area (Å²) < 4.78 is 12.8. The Morgan fingerprint density at radius 3 is 2.92 bits per heavy atom. The molecule has 25 heavy (non-hydrogen) atoms. The highest BCUT2D eigenvalue weighted by Crippen LogP contribution is 2.35. The molecule has 1 aliphatic heterocycles. The maximum Gasteiger partial charge on any atom is 0.352 e. The van der Waals surface area contributed by atoms with Crippen LogP contribution in [-0.4, -0.2) is 44.5 Å². The zero-order chi connectivity index (χ0) is 18.0. The van der Waals surface area contributed by atoms with E-state index in [0.29, 0.717) is 11.5 Å². The number of methoxy groups -OCH3 is 1. The lowest BCUT2D eigenvalue weighted by Gasteiger charge is -2.23. The maximum atomic E-state index is 11.3. The van der Waals surface area contributed by atoms with Gasteiger partial charge in [-0.2, -0.15) is 4.68 Å². The maximum absolute atomic E-state index is 11.3. The average molecular weight is 345 g/mol. The molecule has 1 aromatic heterocycles. The third-order valence-electron chi connectivity index (χ3n) is 3.99. The van der Waals surface area contributed by atoms with Crippen molar-refractivity contribution in [1.82, 2.24) is 20.2 Å².